The van der Waals surface area contributed by atoms with Gasteiger partial charge in [0.25, 0.3) is 0 Å². The maximum Gasteiger partial charge on any atom is 0.0591 e. The average molecular weight is 230 g/mol. The second kappa shape index (κ2) is 4.90. The van der Waals surface area contributed by atoms with Gasteiger partial charge in [-0.05, 0) is 41.5 Å². The highest BCUT2D eigenvalue weighted by molar-refractivity contribution is 5.79. The van der Waals surface area contributed by atoms with E-state index in [4.69, 9.17) is 4.74 Å². The number of hydrogen-bond acceptors (Lipinski definition) is 2. The van der Waals surface area contributed by atoms with Gasteiger partial charge in [0.15, 0.2) is 0 Å². The molecule has 0 unspecified atom stereocenters. The van der Waals surface area contributed by atoms with E-state index in [0.717, 1.165) is 32.7 Å². The molecule has 1 aliphatic heterocycles. The van der Waals surface area contributed by atoms with Crippen LogP contribution >= 0.6 is 0 Å². The van der Waals surface area contributed by atoms with Gasteiger partial charge in [0.05, 0.1) is 13.2 Å². The molecule has 2 aromatic rings. The van der Waals surface area contributed by atoms with Crippen LogP contribution in [0.5, 0.6) is 0 Å². The fourth-order valence-corrected chi connectivity index (χ4v) is 2.45. The van der Waals surface area contributed by atoms with Gasteiger partial charge in [-0.15, -0.1) is 0 Å². The lowest BCUT2D eigenvalue weighted by Crippen LogP contribution is -2.24. The molecule has 1 fully saturated rings. The second-order valence-electron chi connectivity index (χ2n) is 4.75. The molecule has 1 aliphatic rings. The molecular formula is C14H18N2O. The minimum atomic E-state index is 0.592. The van der Waals surface area contributed by atoms with Crippen molar-refractivity contribution in [2.24, 2.45) is 5.92 Å². The third kappa shape index (κ3) is 2.51. The molecule has 2 heterocycles. The number of fused-ring (bicyclic) bond motifs is 1. The van der Waals surface area contributed by atoms with Crippen LogP contribution in [0, 0.1) is 5.92 Å². The van der Waals surface area contributed by atoms with E-state index in [1.54, 1.807) is 0 Å². The molecule has 0 bridgehead atoms. The van der Waals surface area contributed by atoms with E-state index in [1.807, 2.05) is 6.20 Å². The lowest BCUT2D eigenvalue weighted by Gasteiger charge is -2.13. The summed E-state index contributed by atoms with van der Waals surface area (Å²) in [6, 6.07) is 8.77. The zero-order chi connectivity index (χ0) is 11.5. The lowest BCUT2D eigenvalue weighted by atomic mass is 9.99. The van der Waals surface area contributed by atoms with Crippen LogP contribution in [-0.2, 0) is 11.2 Å². The largest absolute Gasteiger partial charge is 0.380 e. The molecule has 3 nitrogen and oxygen atoms in total. The minimum Gasteiger partial charge on any atom is -0.380 e. The molecule has 3 rings (SSSR count). The van der Waals surface area contributed by atoms with Gasteiger partial charge in [-0.2, -0.15) is 0 Å². The predicted molar refractivity (Wildman–Crippen MR) is 69.2 cm³/mol. The van der Waals surface area contributed by atoms with E-state index in [1.165, 1.54) is 16.5 Å². The average Bonchev–Trinajstić information content (AvgIpc) is 2.65. The van der Waals surface area contributed by atoms with Crippen LogP contribution in [0.4, 0.5) is 0 Å². The zero-order valence-electron chi connectivity index (χ0n) is 9.91. The number of nitrogens with one attached hydrogen (secondary N) is 2. The molecule has 90 valence electrons. The van der Waals surface area contributed by atoms with E-state index in [-0.39, 0.29) is 0 Å². The standard InChI is InChI=1S/C14H18N2O/c1-2-14-13(3-4-16-14)8-11(1)7-12-9-15-5-6-17-10-12/h1-4,8,12,15-16H,5-7,9-10H2/t12-/m0/s1. The van der Waals surface area contributed by atoms with Gasteiger partial charge in [0, 0.05) is 24.8 Å². The number of ether oxygens (including phenoxy) is 1. The Morgan fingerprint density at radius 1 is 1.29 bits per heavy atom. The van der Waals surface area contributed by atoms with Crippen LogP contribution in [0.1, 0.15) is 5.56 Å². The SMILES string of the molecule is c1cc2cc(C[C@H]3CNCCOC3)ccc2[nH]1. The van der Waals surface area contributed by atoms with Crippen molar-refractivity contribution in [2.75, 3.05) is 26.3 Å². The Hall–Kier alpha value is -1.32. The first kappa shape index (κ1) is 10.8. The van der Waals surface area contributed by atoms with Crippen LogP contribution < -0.4 is 5.32 Å². The Kier molecular flexibility index (Phi) is 3.12. The van der Waals surface area contributed by atoms with E-state index >= 15 is 0 Å². The topological polar surface area (TPSA) is 37.0 Å². The first-order valence-corrected chi connectivity index (χ1v) is 6.26. The Morgan fingerprint density at radius 2 is 2.29 bits per heavy atom. The van der Waals surface area contributed by atoms with E-state index < -0.39 is 0 Å². The molecule has 3 heteroatoms. The molecule has 0 amide bonds. The molecule has 0 radical (unpaired) electrons. The summed E-state index contributed by atoms with van der Waals surface area (Å²) in [5, 5.41) is 4.71. The van der Waals surface area contributed by atoms with E-state index in [2.05, 4.69) is 34.6 Å². The first-order chi connectivity index (χ1) is 8.42. The van der Waals surface area contributed by atoms with Gasteiger partial charge in [-0.3, -0.25) is 0 Å². The highest BCUT2D eigenvalue weighted by Crippen LogP contribution is 2.17. The van der Waals surface area contributed by atoms with Gasteiger partial charge in [-0.25, -0.2) is 0 Å². The predicted octanol–water partition coefficient (Wildman–Crippen LogP) is 1.95. The molecule has 1 saturated heterocycles. The number of aromatic amines is 1. The molecule has 2 N–H and O–H groups in total. The molecule has 0 aliphatic carbocycles. The summed E-state index contributed by atoms with van der Waals surface area (Å²) in [5.41, 5.74) is 2.61. The highest BCUT2D eigenvalue weighted by Gasteiger charge is 2.13. The maximum absolute atomic E-state index is 5.58. The summed E-state index contributed by atoms with van der Waals surface area (Å²) >= 11 is 0. The van der Waals surface area contributed by atoms with Gasteiger partial charge in [0.2, 0.25) is 0 Å². The van der Waals surface area contributed by atoms with Crippen LogP contribution in [-0.4, -0.2) is 31.3 Å². The maximum atomic E-state index is 5.58. The summed E-state index contributed by atoms with van der Waals surface area (Å²) < 4.78 is 5.58. The van der Waals surface area contributed by atoms with Crippen molar-refractivity contribution in [3.05, 3.63) is 36.0 Å². The minimum absolute atomic E-state index is 0.592. The number of H-pyrrole nitrogens is 1. The Morgan fingerprint density at radius 3 is 3.29 bits per heavy atom. The molecule has 0 saturated carbocycles. The van der Waals surface area contributed by atoms with Crippen LogP contribution in [0.15, 0.2) is 30.5 Å². The third-order valence-electron chi connectivity index (χ3n) is 3.35. The van der Waals surface area contributed by atoms with Gasteiger partial charge < -0.3 is 15.0 Å². The molecule has 1 atom stereocenters. The number of rotatable bonds is 2. The Labute approximate surface area is 101 Å². The summed E-state index contributed by atoms with van der Waals surface area (Å²) in [5.74, 6) is 0.592. The third-order valence-corrected chi connectivity index (χ3v) is 3.35. The fourth-order valence-electron chi connectivity index (χ4n) is 2.45. The Bertz CT molecular complexity index is 484. The number of hydrogen-bond donors (Lipinski definition) is 2. The molecule has 17 heavy (non-hydrogen) atoms. The first-order valence-electron chi connectivity index (χ1n) is 6.26. The normalized spacial score (nSPS) is 21.5. The van der Waals surface area contributed by atoms with E-state index in [0.29, 0.717) is 5.92 Å². The molecular weight excluding hydrogens is 212 g/mol. The van der Waals surface area contributed by atoms with Gasteiger partial charge in [-0.1, -0.05) is 6.07 Å². The second-order valence-corrected chi connectivity index (χ2v) is 4.75. The Balaban J connectivity index is 1.74. The molecule has 1 aromatic carbocycles. The van der Waals surface area contributed by atoms with Crippen LogP contribution in [0.2, 0.25) is 0 Å². The van der Waals surface area contributed by atoms with Crippen molar-refractivity contribution in [3.63, 3.8) is 0 Å². The monoisotopic (exact) mass is 230 g/mol. The number of aromatic nitrogens is 1. The quantitative estimate of drug-likeness (QED) is 0.827. The van der Waals surface area contributed by atoms with Crippen molar-refractivity contribution in [1.29, 1.82) is 0 Å². The number of benzene rings is 1. The summed E-state index contributed by atoms with van der Waals surface area (Å²) in [6.07, 6.45) is 3.08. The van der Waals surface area contributed by atoms with E-state index in [9.17, 15) is 0 Å². The summed E-state index contributed by atoms with van der Waals surface area (Å²) in [4.78, 5) is 3.22. The summed E-state index contributed by atoms with van der Waals surface area (Å²) in [7, 11) is 0. The fraction of sp³-hybridized carbons (Fsp3) is 0.429. The van der Waals surface area contributed by atoms with Crippen molar-refractivity contribution in [1.82, 2.24) is 10.3 Å². The highest BCUT2D eigenvalue weighted by atomic mass is 16.5. The van der Waals surface area contributed by atoms with Gasteiger partial charge >= 0.3 is 0 Å². The van der Waals surface area contributed by atoms with Crippen molar-refractivity contribution in [3.8, 4) is 0 Å². The van der Waals surface area contributed by atoms with Gasteiger partial charge in [0.1, 0.15) is 0 Å². The van der Waals surface area contributed by atoms with Crippen LogP contribution in [0.3, 0.4) is 0 Å². The smallest absolute Gasteiger partial charge is 0.0591 e. The molecule has 1 aromatic heterocycles. The lowest BCUT2D eigenvalue weighted by molar-refractivity contribution is 0.123. The molecule has 0 spiro atoms. The summed E-state index contributed by atoms with van der Waals surface area (Å²) in [6.45, 7) is 3.75. The van der Waals surface area contributed by atoms with Crippen molar-refractivity contribution < 1.29 is 4.74 Å². The van der Waals surface area contributed by atoms with Crippen molar-refractivity contribution in [2.45, 2.75) is 6.42 Å². The van der Waals surface area contributed by atoms with Crippen LogP contribution in [0.25, 0.3) is 10.9 Å². The van der Waals surface area contributed by atoms with Crippen molar-refractivity contribution >= 4 is 10.9 Å². The zero-order valence-corrected chi connectivity index (χ0v) is 9.91.